The summed E-state index contributed by atoms with van der Waals surface area (Å²) in [7, 11) is 0. The molecular weight excluding hydrogens is 491 g/mol. The fourth-order valence-corrected chi connectivity index (χ4v) is 4.06. The Morgan fingerprint density at radius 2 is 1.94 bits per heavy atom. The third kappa shape index (κ3) is 4.80. The lowest BCUT2D eigenvalue weighted by atomic mass is 10.1. The maximum atomic E-state index is 12.4. The first kappa shape index (κ1) is 23.1. The SMILES string of the molecule is O=C(c1ccc(-c2ccc3nnn(Cc4ccc5ncccc5c4)c3n2)cc1Cl)N(Cl)OCCO. The second-order valence-electron chi connectivity index (χ2n) is 7.62. The van der Waals surface area contributed by atoms with Crippen molar-refractivity contribution >= 4 is 51.4 Å². The smallest absolute Gasteiger partial charge is 0.294 e. The van der Waals surface area contributed by atoms with Crippen molar-refractivity contribution in [1.29, 1.82) is 0 Å². The maximum Gasteiger partial charge on any atom is 0.294 e. The summed E-state index contributed by atoms with van der Waals surface area (Å²) in [5.41, 5.74) is 4.75. The number of hydrogen-bond donors (Lipinski definition) is 1. The first-order chi connectivity index (χ1) is 17.0. The lowest BCUT2D eigenvalue weighted by molar-refractivity contribution is -0.0696. The summed E-state index contributed by atoms with van der Waals surface area (Å²) in [6.45, 7) is 0.0961. The first-order valence-electron chi connectivity index (χ1n) is 10.6. The molecule has 2 aromatic carbocycles. The van der Waals surface area contributed by atoms with E-state index in [0.717, 1.165) is 16.5 Å². The molecule has 5 aromatic rings. The molecule has 9 nitrogen and oxygen atoms in total. The van der Waals surface area contributed by atoms with Crippen LogP contribution >= 0.6 is 23.4 Å². The Labute approximate surface area is 209 Å². The minimum absolute atomic E-state index is 0.118. The van der Waals surface area contributed by atoms with E-state index < -0.39 is 5.91 Å². The molecule has 0 aliphatic carbocycles. The molecule has 3 heterocycles. The molecule has 35 heavy (non-hydrogen) atoms. The summed E-state index contributed by atoms with van der Waals surface area (Å²) < 4.78 is 2.26. The minimum Gasteiger partial charge on any atom is -0.394 e. The van der Waals surface area contributed by atoms with Crippen LogP contribution in [0.25, 0.3) is 33.3 Å². The van der Waals surface area contributed by atoms with E-state index in [-0.39, 0.29) is 23.8 Å². The predicted octanol–water partition coefficient (Wildman–Crippen LogP) is 4.26. The Hall–Kier alpha value is -3.63. The number of pyridine rings is 2. The molecule has 0 atom stereocenters. The van der Waals surface area contributed by atoms with Crippen molar-refractivity contribution in [2.45, 2.75) is 6.54 Å². The zero-order valence-corrected chi connectivity index (χ0v) is 19.7. The largest absolute Gasteiger partial charge is 0.394 e. The van der Waals surface area contributed by atoms with Gasteiger partial charge in [0.2, 0.25) is 0 Å². The highest BCUT2D eigenvalue weighted by molar-refractivity contribution is 6.35. The zero-order valence-electron chi connectivity index (χ0n) is 18.2. The number of hydroxylamine groups is 1. The van der Waals surface area contributed by atoms with Gasteiger partial charge in [-0.25, -0.2) is 9.67 Å². The van der Waals surface area contributed by atoms with Crippen LogP contribution in [0.4, 0.5) is 0 Å². The molecule has 1 amide bonds. The van der Waals surface area contributed by atoms with Gasteiger partial charge in [-0.05, 0) is 48.0 Å². The summed E-state index contributed by atoms with van der Waals surface area (Å²) in [6, 6.07) is 18.5. The number of rotatable bonds is 7. The van der Waals surface area contributed by atoms with Gasteiger partial charge in [0, 0.05) is 28.9 Å². The van der Waals surface area contributed by atoms with E-state index >= 15 is 0 Å². The van der Waals surface area contributed by atoms with E-state index in [9.17, 15) is 4.79 Å². The molecule has 0 fully saturated rings. The number of carbonyl (C=O) groups excluding carboxylic acids is 1. The number of amides is 1. The maximum absolute atomic E-state index is 12.4. The normalized spacial score (nSPS) is 11.3. The molecule has 0 saturated heterocycles. The highest BCUT2D eigenvalue weighted by atomic mass is 35.5. The van der Waals surface area contributed by atoms with Crippen molar-refractivity contribution in [1.82, 2.24) is 29.5 Å². The molecule has 176 valence electrons. The Morgan fingerprint density at radius 3 is 2.77 bits per heavy atom. The summed E-state index contributed by atoms with van der Waals surface area (Å²) in [4.78, 5) is 26.4. The molecule has 0 spiro atoms. The van der Waals surface area contributed by atoms with E-state index in [4.69, 9.17) is 38.3 Å². The minimum atomic E-state index is -0.645. The van der Waals surface area contributed by atoms with Gasteiger partial charge in [-0.3, -0.25) is 14.6 Å². The van der Waals surface area contributed by atoms with E-state index in [1.165, 1.54) is 0 Å². The van der Waals surface area contributed by atoms with Gasteiger partial charge < -0.3 is 5.11 Å². The van der Waals surface area contributed by atoms with Gasteiger partial charge in [0.15, 0.2) is 5.65 Å². The second kappa shape index (κ2) is 9.93. The van der Waals surface area contributed by atoms with Gasteiger partial charge in [-0.15, -0.1) is 9.68 Å². The molecule has 0 unspecified atom stereocenters. The number of aliphatic hydroxyl groups is 1. The van der Waals surface area contributed by atoms with Gasteiger partial charge in [0.1, 0.15) is 5.52 Å². The standard InChI is InChI=1S/C24H18Cl2N6O3/c25-19-13-17(4-5-18(19)24(34)32(26)35-11-10-33)21-7-8-22-23(28-21)31(30-29-22)14-15-3-6-20-16(12-15)2-1-9-27-20/h1-9,12-13,33H,10-11,14H2. The van der Waals surface area contributed by atoms with Gasteiger partial charge >= 0.3 is 0 Å². The molecular formula is C24H18Cl2N6O3. The van der Waals surface area contributed by atoms with Crippen molar-refractivity contribution in [3.8, 4) is 11.3 Å². The molecule has 0 bridgehead atoms. The molecule has 0 radical (unpaired) electrons. The van der Waals surface area contributed by atoms with E-state index in [0.29, 0.717) is 33.5 Å². The van der Waals surface area contributed by atoms with Crippen LogP contribution in [0, 0.1) is 0 Å². The zero-order chi connectivity index (χ0) is 24.4. The third-order valence-electron chi connectivity index (χ3n) is 5.31. The molecule has 0 saturated carbocycles. The number of halogens is 2. The Bertz CT molecular complexity index is 1540. The lowest BCUT2D eigenvalue weighted by Crippen LogP contribution is -2.23. The van der Waals surface area contributed by atoms with Crippen LogP contribution < -0.4 is 0 Å². The fraction of sp³-hybridized carbons (Fsp3) is 0.125. The lowest BCUT2D eigenvalue weighted by Gasteiger charge is -2.14. The number of benzene rings is 2. The Kier molecular flexibility index (Phi) is 6.56. The number of carbonyl (C=O) groups is 1. The van der Waals surface area contributed by atoms with Gasteiger partial charge in [0.05, 0.1) is 41.6 Å². The average Bonchev–Trinajstić information content (AvgIpc) is 3.28. The first-order valence-corrected chi connectivity index (χ1v) is 11.3. The Morgan fingerprint density at radius 1 is 1.09 bits per heavy atom. The van der Waals surface area contributed by atoms with Crippen molar-refractivity contribution in [2.24, 2.45) is 0 Å². The predicted molar refractivity (Wildman–Crippen MR) is 132 cm³/mol. The van der Waals surface area contributed by atoms with Crippen LogP contribution in [0.3, 0.4) is 0 Å². The number of fused-ring (bicyclic) bond motifs is 2. The number of aliphatic hydroxyl groups excluding tert-OH is 1. The van der Waals surface area contributed by atoms with Gasteiger partial charge in [-0.1, -0.05) is 35.0 Å². The highest BCUT2D eigenvalue weighted by Crippen LogP contribution is 2.27. The molecule has 5 rings (SSSR count). The van der Waals surface area contributed by atoms with Crippen LogP contribution in [0.1, 0.15) is 15.9 Å². The fourth-order valence-electron chi connectivity index (χ4n) is 3.64. The van der Waals surface area contributed by atoms with E-state index in [1.807, 2.05) is 36.4 Å². The van der Waals surface area contributed by atoms with Crippen LogP contribution in [0.15, 0.2) is 66.9 Å². The van der Waals surface area contributed by atoms with E-state index in [1.54, 1.807) is 29.1 Å². The van der Waals surface area contributed by atoms with Crippen LogP contribution in [-0.4, -0.2) is 53.8 Å². The van der Waals surface area contributed by atoms with Gasteiger partial charge in [-0.2, -0.15) is 0 Å². The third-order valence-corrected chi connectivity index (χ3v) is 5.87. The monoisotopic (exact) mass is 508 g/mol. The second-order valence-corrected chi connectivity index (χ2v) is 8.33. The number of aromatic nitrogens is 5. The topological polar surface area (TPSA) is 106 Å². The van der Waals surface area contributed by atoms with Crippen molar-refractivity contribution < 1.29 is 14.7 Å². The van der Waals surface area contributed by atoms with E-state index in [2.05, 4.69) is 21.4 Å². The summed E-state index contributed by atoms with van der Waals surface area (Å²) in [5, 5.41) is 18.5. The Balaban J connectivity index is 1.43. The summed E-state index contributed by atoms with van der Waals surface area (Å²) >= 11 is 12.2. The average molecular weight is 509 g/mol. The van der Waals surface area contributed by atoms with Crippen molar-refractivity contribution in [3.05, 3.63) is 83.0 Å². The molecule has 3 aromatic heterocycles. The number of nitrogens with zero attached hydrogens (tertiary/aromatic N) is 6. The van der Waals surface area contributed by atoms with Crippen LogP contribution in [-0.2, 0) is 11.4 Å². The highest BCUT2D eigenvalue weighted by Gasteiger charge is 2.19. The molecule has 0 aliphatic rings. The summed E-state index contributed by atoms with van der Waals surface area (Å²) in [5.74, 6) is -0.645. The summed E-state index contributed by atoms with van der Waals surface area (Å²) in [6.07, 6.45) is 1.77. The quantitative estimate of drug-likeness (QED) is 0.258. The van der Waals surface area contributed by atoms with Crippen molar-refractivity contribution in [3.63, 3.8) is 0 Å². The molecule has 1 N–H and O–H groups in total. The van der Waals surface area contributed by atoms with Crippen LogP contribution in [0.2, 0.25) is 5.02 Å². The van der Waals surface area contributed by atoms with Crippen molar-refractivity contribution in [2.75, 3.05) is 13.2 Å². The molecule has 11 heteroatoms. The van der Waals surface area contributed by atoms with Gasteiger partial charge in [0.25, 0.3) is 5.91 Å². The molecule has 0 aliphatic heterocycles. The number of hydrogen-bond acceptors (Lipinski definition) is 7. The van der Waals surface area contributed by atoms with Crippen LogP contribution in [0.5, 0.6) is 0 Å².